The summed E-state index contributed by atoms with van der Waals surface area (Å²) in [5, 5.41) is 2.70. The number of halogens is 1. The Bertz CT molecular complexity index is 1220. The van der Waals surface area contributed by atoms with Crippen molar-refractivity contribution in [3.05, 3.63) is 101 Å². The second-order valence-corrected chi connectivity index (χ2v) is 9.49. The van der Waals surface area contributed by atoms with Gasteiger partial charge in [0.2, 0.25) is 10.0 Å². The maximum Gasteiger partial charge on any atom is 0.251 e. The standard InChI is InChI=1S/C24H23FN2O4S/c25-22-9-5-4-8-20(22)15-26-24(28)19-10-11-23-21(14-19)16-27(12-13-31-23)32(29,30)17-18-6-2-1-3-7-18/h1-11,14H,12-13,15-17H2,(H,26,28). The lowest BCUT2D eigenvalue weighted by Gasteiger charge is -2.19. The molecule has 1 heterocycles. The van der Waals surface area contributed by atoms with E-state index in [4.69, 9.17) is 4.74 Å². The summed E-state index contributed by atoms with van der Waals surface area (Å²) in [6.45, 7) is 0.605. The van der Waals surface area contributed by atoms with E-state index >= 15 is 0 Å². The molecule has 0 bridgehead atoms. The summed E-state index contributed by atoms with van der Waals surface area (Å²) in [7, 11) is -3.58. The molecule has 4 rings (SSSR count). The fourth-order valence-electron chi connectivity index (χ4n) is 3.54. The predicted octanol–water partition coefficient (Wildman–Crippen LogP) is 3.48. The van der Waals surface area contributed by atoms with Crippen molar-refractivity contribution in [3.63, 3.8) is 0 Å². The lowest BCUT2D eigenvalue weighted by Crippen LogP contribution is -2.33. The summed E-state index contributed by atoms with van der Waals surface area (Å²) in [5.74, 6) is -0.319. The number of carbonyl (C=O) groups excluding carboxylic acids is 1. The van der Waals surface area contributed by atoms with Crippen molar-refractivity contribution in [1.82, 2.24) is 9.62 Å². The van der Waals surface area contributed by atoms with Crippen molar-refractivity contribution in [2.45, 2.75) is 18.8 Å². The SMILES string of the molecule is O=C(NCc1ccccc1F)c1ccc2c(c1)CN(S(=O)(=O)Cc1ccccc1)CCO2. The molecule has 0 radical (unpaired) electrons. The van der Waals surface area contributed by atoms with Crippen molar-refractivity contribution < 1.29 is 22.3 Å². The molecule has 0 fully saturated rings. The average Bonchev–Trinajstić information content (AvgIpc) is 3.01. The second kappa shape index (κ2) is 9.50. The number of carbonyl (C=O) groups is 1. The number of sulfonamides is 1. The molecule has 0 aliphatic carbocycles. The van der Waals surface area contributed by atoms with E-state index in [1.54, 1.807) is 60.7 Å². The summed E-state index contributed by atoms with van der Waals surface area (Å²) >= 11 is 0. The Kier molecular flexibility index (Phi) is 6.53. The van der Waals surface area contributed by atoms with E-state index in [1.807, 2.05) is 6.07 Å². The monoisotopic (exact) mass is 454 g/mol. The van der Waals surface area contributed by atoms with E-state index in [0.29, 0.717) is 28.0 Å². The minimum Gasteiger partial charge on any atom is -0.492 e. The first kappa shape index (κ1) is 22.0. The van der Waals surface area contributed by atoms with Gasteiger partial charge < -0.3 is 10.1 Å². The van der Waals surface area contributed by atoms with E-state index in [-0.39, 0.29) is 43.7 Å². The molecule has 1 aliphatic heterocycles. The number of nitrogens with one attached hydrogen (secondary N) is 1. The molecule has 1 N–H and O–H groups in total. The maximum absolute atomic E-state index is 13.8. The Morgan fingerprint density at radius 3 is 2.56 bits per heavy atom. The first-order chi connectivity index (χ1) is 15.4. The van der Waals surface area contributed by atoms with Crippen LogP contribution in [0.1, 0.15) is 27.0 Å². The van der Waals surface area contributed by atoms with Gasteiger partial charge in [-0.2, -0.15) is 4.31 Å². The lowest BCUT2D eigenvalue weighted by molar-refractivity contribution is 0.0950. The summed E-state index contributed by atoms with van der Waals surface area (Å²) in [4.78, 5) is 12.6. The number of amides is 1. The molecule has 0 aromatic heterocycles. The van der Waals surface area contributed by atoms with Gasteiger partial charge in [-0.1, -0.05) is 48.5 Å². The molecule has 0 saturated carbocycles. The summed E-state index contributed by atoms with van der Waals surface area (Å²) in [6, 6.07) is 20.1. The molecule has 0 atom stereocenters. The summed E-state index contributed by atoms with van der Waals surface area (Å²) in [5.41, 5.74) is 2.06. The van der Waals surface area contributed by atoms with Crippen LogP contribution in [0.2, 0.25) is 0 Å². The molecule has 1 amide bonds. The lowest BCUT2D eigenvalue weighted by atomic mass is 10.1. The van der Waals surface area contributed by atoms with Crippen LogP contribution in [-0.4, -0.2) is 31.8 Å². The maximum atomic E-state index is 13.8. The van der Waals surface area contributed by atoms with E-state index in [1.165, 1.54) is 10.4 Å². The van der Waals surface area contributed by atoms with E-state index in [0.717, 1.165) is 0 Å². The second-order valence-electron chi connectivity index (χ2n) is 7.52. The molecule has 0 unspecified atom stereocenters. The zero-order chi connectivity index (χ0) is 22.6. The van der Waals surface area contributed by atoms with Crippen LogP contribution >= 0.6 is 0 Å². The quantitative estimate of drug-likeness (QED) is 0.619. The molecular weight excluding hydrogens is 431 g/mol. The highest BCUT2D eigenvalue weighted by molar-refractivity contribution is 7.88. The van der Waals surface area contributed by atoms with Crippen molar-refractivity contribution in [1.29, 1.82) is 0 Å². The first-order valence-corrected chi connectivity index (χ1v) is 11.8. The molecule has 0 spiro atoms. The Morgan fingerprint density at radius 2 is 1.78 bits per heavy atom. The number of fused-ring (bicyclic) bond motifs is 1. The van der Waals surface area contributed by atoms with Crippen LogP contribution in [0.5, 0.6) is 5.75 Å². The molecule has 166 valence electrons. The van der Waals surface area contributed by atoms with Crippen LogP contribution in [0.4, 0.5) is 4.39 Å². The third-order valence-corrected chi connectivity index (χ3v) is 7.05. The molecule has 8 heteroatoms. The average molecular weight is 455 g/mol. The molecule has 0 saturated heterocycles. The van der Waals surface area contributed by atoms with Crippen LogP contribution in [0.15, 0.2) is 72.8 Å². The zero-order valence-electron chi connectivity index (χ0n) is 17.3. The molecule has 3 aromatic rings. The molecule has 1 aliphatic rings. The van der Waals surface area contributed by atoms with Crippen molar-refractivity contribution in [3.8, 4) is 5.75 Å². The highest BCUT2D eigenvalue weighted by Gasteiger charge is 2.27. The van der Waals surface area contributed by atoms with Crippen molar-refractivity contribution in [2.75, 3.05) is 13.2 Å². The fourth-order valence-corrected chi connectivity index (χ4v) is 5.03. The summed E-state index contributed by atoms with van der Waals surface area (Å²) < 4.78 is 46.9. The van der Waals surface area contributed by atoms with Gasteiger partial charge in [-0.05, 0) is 29.8 Å². The van der Waals surface area contributed by atoms with Crippen LogP contribution in [0, 0.1) is 5.82 Å². The Labute approximate surface area is 186 Å². The van der Waals surface area contributed by atoms with Crippen molar-refractivity contribution in [2.24, 2.45) is 0 Å². The van der Waals surface area contributed by atoms with Gasteiger partial charge in [-0.3, -0.25) is 4.79 Å². The number of nitrogens with zero attached hydrogens (tertiary/aromatic N) is 1. The predicted molar refractivity (Wildman–Crippen MR) is 119 cm³/mol. The fraction of sp³-hybridized carbons (Fsp3) is 0.208. The number of rotatable bonds is 6. The van der Waals surface area contributed by atoms with Gasteiger partial charge in [0.15, 0.2) is 0 Å². The smallest absolute Gasteiger partial charge is 0.251 e. The third-order valence-electron chi connectivity index (χ3n) is 5.25. The van der Waals surface area contributed by atoms with Gasteiger partial charge in [0.05, 0.1) is 5.75 Å². The van der Waals surface area contributed by atoms with E-state index < -0.39 is 10.0 Å². The largest absolute Gasteiger partial charge is 0.492 e. The van der Waals surface area contributed by atoms with Gasteiger partial charge in [0, 0.05) is 36.3 Å². The minimum atomic E-state index is -3.58. The van der Waals surface area contributed by atoms with E-state index in [9.17, 15) is 17.6 Å². The normalized spacial score (nSPS) is 14.2. The minimum absolute atomic E-state index is 0.0523. The Morgan fingerprint density at radius 1 is 1.03 bits per heavy atom. The van der Waals surface area contributed by atoms with E-state index in [2.05, 4.69) is 5.32 Å². The molecule has 32 heavy (non-hydrogen) atoms. The number of hydrogen-bond donors (Lipinski definition) is 1. The third kappa shape index (κ3) is 5.15. The van der Waals surface area contributed by atoms with Crippen LogP contribution in [0.3, 0.4) is 0 Å². The van der Waals surface area contributed by atoms with Gasteiger partial charge in [-0.15, -0.1) is 0 Å². The molecule has 6 nitrogen and oxygen atoms in total. The summed E-state index contributed by atoms with van der Waals surface area (Å²) in [6.07, 6.45) is 0. The van der Waals surface area contributed by atoms with Crippen LogP contribution < -0.4 is 10.1 Å². The number of benzene rings is 3. The Balaban J connectivity index is 1.49. The van der Waals surface area contributed by atoms with Gasteiger partial charge in [0.25, 0.3) is 5.91 Å². The van der Waals surface area contributed by atoms with Crippen LogP contribution in [0.25, 0.3) is 0 Å². The number of hydrogen-bond acceptors (Lipinski definition) is 4. The van der Waals surface area contributed by atoms with Gasteiger partial charge >= 0.3 is 0 Å². The van der Waals surface area contributed by atoms with Gasteiger partial charge in [-0.25, -0.2) is 12.8 Å². The van der Waals surface area contributed by atoms with Crippen molar-refractivity contribution >= 4 is 15.9 Å². The molecular formula is C24H23FN2O4S. The topological polar surface area (TPSA) is 75.7 Å². The highest BCUT2D eigenvalue weighted by Crippen LogP contribution is 2.26. The van der Waals surface area contributed by atoms with Gasteiger partial charge in [0.1, 0.15) is 18.2 Å². The first-order valence-electron chi connectivity index (χ1n) is 10.2. The zero-order valence-corrected chi connectivity index (χ0v) is 18.1. The highest BCUT2D eigenvalue weighted by atomic mass is 32.2. The number of ether oxygens (including phenoxy) is 1. The molecule has 3 aromatic carbocycles. The Hall–Kier alpha value is -3.23. The van der Waals surface area contributed by atoms with Crippen LogP contribution in [-0.2, 0) is 28.9 Å².